The van der Waals surface area contributed by atoms with E-state index in [4.69, 9.17) is 15.4 Å². The average Bonchev–Trinajstić information content (AvgIpc) is 2.78. The van der Waals surface area contributed by atoms with Gasteiger partial charge in [-0.1, -0.05) is 19.1 Å². The number of anilines is 1. The number of hydrogen-bond donors (Lipinski definition) is 3. The number of nitrogens with one attached hydrogen (secondary N) is 1. The van der Waals surface area contributed by atoms with E-state index in [0.717, 1.165) is 46.1 Å². The van der Waals surface area contributed by atoms with Gasteiger partial charge in [0.1, 0.15) is 12.4 Å². The predicted molar refractivity (Wildman–Crippen MR) is 123 cm³/mol. The van der Waals surface area contributed by atoms with Gasteiger partial charge in [-0.3, -0.25) is 10.2 Å². The minimum atomic E-state index is 0.403. The Morgan fingerprint density at radius 1 is 1.19 bits per heavy atom. The number of aryl methyl sites for hydroxylation is 3. The molecule has 0 saturated heterocycles. The van der Waals surface area contributed by atoms with Crippen LogP contribution in [0.2, 0.25) is 0 Å². The molecule has 0 saturated carbocycles. The smallest absolute Gasteiger partial charge is 0.221 e. The van der Waals surface area contributed by atoms with Crippen LogP contribution < -0.4 is 26.9 Å². The molecule has 0 atom stereocenters. The molecule has 2 aromatic carbocycles. The van der Waals surface area contributed by atoms with Crippen LogP contribution >= 0.6 is 0 Å². The number of nitrogens with two attached hydrogens (primary N) is 2. The van der Waals surface area contributed by atoms with Gasteiger partial charge in [0.15, 0.2) is 5.82 Å². The lowest BCUT2D eigenvalue weighted by Gasteiger charge is -2.20. The number of benzene rings is 2. The van der Waals surface area contributed by atoms with Gasteiger partial charge in [0, 0.05) is 30.1 Å². The van der Waals surface area contributed by atoms with Gasteiger partial charge in [0.25, 0.3) is 0 Å². The van der Waals surface area contributed by atoms with E-state index in [1.807, 2.05) is 51.2 Å². The summed E-state index contributed by atoms with van der Waals surface area (Å²) in [6.45, 7) is 6.62. The standard InChI is InChI=1S/C22H26N4O.CH4N2O/c1-5-17-7-6-8-20(26(4)23)19(17)14-27-21-10-9-18(13-15(21)2)22-24-12-11-16(3)25-22;2-3-1-4/h6-13H,5,14,23H2,1-4H3;1H,2H2,(H,3,4). The summed E-state index contributed by atoms with van der Waals surface area (Å²) < 4.78 is 6.15. The molecule has 0 spiro atoms. The Balaban J connectivity index is 0.000000785. The molecule has 8 heteroatoms. The van der Waals surface area contributed by atoms with E-state index in [1.165, 1.54) is 5.56 Å². The van der Waals surface area contributed by atoms with Gasteiger partial charge in [0.05, 0.1) is 5.69 Å². The fourth-order valence-electron chi connectivity index (χ4n) is 3.14. The van der Waals surface area contributed by atoms with Crippen LogP contribution in [0, 0.1) is 13.8 Å². The van der Waals surface area contributed by atoms with E-state index in [2.05, 4.69) is 34.9 Å². The highest BCUT2D eigenvalue weighted by Crippen LogP contribution is 2.28. The molecule has 31 heavy (non-hydrogen) atoms. The summed E-state index contributed by atoms with van der Waals surface area (Å²) in [4.78, 5) is 17.8. The van der Waals surface area contributed by atoms with E-state index in [1.54, 1.807) is 16.6 Å². The van der Waals surface area contributed by atoms with Crippen molar-refractivity contribution in [3.05, 3.63) is 71.0 Å². The highest BCUT2D eigenvalue weighted by Gasteiger charge is 2.12. The van der Waals surface area contributed by atoms with E-state index in [-0.39, 0.29) is 0 Å². The van der Waals surface area contributed by atoms with E-state index in [9.17, 15) is 0 Å². The summed E-state index contributed by atoms with van der Waals surface area (Å²) in [7, 11) is 1.85. The normalized spacial score (nSPS) is 10.0. The summed E-state index contributed by atoms with van der Waals surface area (Å²) in [5.74, 6) is 12.0. The second-order valence-corrected chi connectivity index (χ2v) is 6.95. The molecule has 164 valence electrons. The molecule has 0 aliphatic rings. The third-order valence-electron chi connectivity index (χ3n) is 4.68. The number of carbonyl (C=O) groups excluding carboxylic acids is 1. The molecule has 5 N–H and O–H groups in total. The van der Waals surface area contributed by atoms with Gasteiger partial charge in [-0.15, -0.1) is 0 Å². The monoisotopic (exact) mass is 422 g/mol. The quantitative estimate of drug-likeness (QED) is 0.232. The summed E-state index contributed by atoms with van der Waals surface area (Å²) in [5, 5.41) is 1.64. The van der Waals surface area contributed by atoms with Gasteiger partial charge in [-0.2, -0.15) is 0 Å². The molecule has 8 nitrogen and oxygen atoms in total. The number of hydrogen-bond acceptors (Lipinski definition) is 7. The molecule has 0 fully saturated rings. The third kappa shape index (κ3) is 6.50. The summed E-state index contributed by atoms with van der Waals surface area (Å²) in [6, 6.07) is 14.1. The largest absolute Gasteiger partial charge is 0.489 e. The second kappa shape index (κ2) is 11.6. The highest BCUT2D eigenvalue weighted by molar-refractivity contribution is 5.59. The first-order valence-electron chi connectivity index (χ1n) is 9.93. The Labute approximate surface area is 183 Å². The first-order chi connectivity index (χ1) is 14.9. The lowest BCUT2D eigenvalue weighted by atomic mass is 10.0. The molecule has 0 radical (unpaired) electrons. The maximum absolute atomic E-state index is 8.94. The maximum Gasteiger partial charge on any atom is 0.221 e. The summed E-state index contributed by atoms with van der Waals surface area (Å²) >= 11 is 0. The minimum Gasteiger partial charge on any atom is -0.489 e. The minimum absolute atomic E-state index is 0.403. The molecule has 1 heterocycles. The van der Waals surface area contributed by atoms with Gasteiger partial charge in [-0.05, 0) is 61.7 Å². The van der Waals surface area contributed by atoms with Crippen molar-refractivity contribution in [3.63, 3.8) is 0 Å². The molecule has 0 bridgehead atoms. The van der Waals surface area contributed by atoms with Crippen molar-refractivity contribution in [1.82, 2.24) is 15.4 Å². The van der Waals surface area contributed by atoms with E-state index >= 15 is 0 Å². The number of nitrogens with zero attached hydrogens (tertiary/aromatic N) is 3. The molecule has 0 unspecified atom stereocenters. The average molecular weight is 423 g/mol. The zero-order valence-corrected chi connectivity index (χ0v) is 18.4. The van der Waals surface area contributed by atoms with Crippen molar-refractivity contribution >= 4 is 12.1 Å². The van der Waals surface area contributed by atoms with Crippen molar-refractivity contribution in [2.75, 3.05) is 12.1 Å². The second-order valence-electron chi connectivity index (χ2n) is 6.95. The number of aromatic nitrogens is 2. The van der Waals surface area contributed by atoms with Crippen LogP contribution in [0.4, 0.5) is 5.69 Å². The van der Waals surface area contributed by atoms with Gasteiger partial charge < -0.3 is 9.75 Å². The van der Waals surface area contributed by atoms with Crippen molar-refractivity contribution in [3.8, 4) is 17.1 Å². The Hall–Kier alpha value is -3.49. The third-order valence-corrected chi connectivity index (χ3v) is 4.68. The lowest BCUT2D eigenvalue weighted by molar-refractivity contribution is -0.109. The van der Waals surface area contributed by atoms with Crippen molar-refractivity contribution in [2.24, 2.45) is 11.7 Å². The van der Waals surface area contributed by atoms with Crippen LogP contribution in [0.1, 0.15) is 29.3 Å². The molecule has 1 aromatic heterocycles. The molecular weight excluding hydrogens is 392 g/mol. The Morgan fingerprint density at radius 2 is 1.94 bits per heavy atom. The number of carbonyl (C=O) groups is 1. The predicted octanol–water partition coefficient (Wildman–Crippen LogP) is 2.82. The fourth-order valence-corrected chi connectivity index (χ4v) is 3.14. The topological polar surface area (TPSA) is 119 Å². The van der Waals surface area contributed by atoms with Crippen molar-refractivity contribution < 1.29 is 9.53 Å². The van der Waals surface area contributed by atoms with Crippen LogP contribution in [0.3, 0.4) is 0 Å². The van der Waals surface area contributed by atoms with Gasteiger partial charge >= 0.3 is 0 Å². The Kier molecular flexibility index (Phi) is 8.93. The molecule has 3 rings (SSSR count). The first kappa shape index (κ1) is 23.8. The molecule has 0 aliphatic heterocycles. The molecule has 3 aromatic rings. The van der Waals surface area contributed by atoms with Crippen molar-refractivity contribution in [2.45, 2.75) is 33.8 Å². The lowest BCUT2D eigenvalue weighted by Crippen LogP contribution is -2.27. The van der Waals surface area contributed by atoms with Crippen molar-refractivity contribution in [1.29, 1.82) is 0 Å². The number of amides is 1. The Morgan fingerprint density at radius 3 is 2.52 bits per heavy atom. The SMILES string of the molecule is CCc1cccc(N(C)N)c1COc1ccc(-c2nccc(C)n2)cc1C.NNC=O. The first-order valence-corrected chi connectivity index (χ1v) is 9.93. The molecular formula is C23H30N6O2. The van der Waals surface area contributed by atoms with Crippen LogP contribution in [0.5, 0.6) is 5.75 Å². The number of ether oxygens (including phenoxy) is 1. The molecule has 0 aliphatic carbocycles. The summed E-state index contributed by atoms with van der Waals surface area (Å²) in [6.07, 6.45) is 3.12. The molecule has 1 amide bonds. The van der Waals surface area contributed by atoms with Gasteiger partial charge in [-0.25, -0.2) is 21.7 Å². The fraction of sp³-hybridized carbons (Fsp3) is 0.261. The maximum atomic E-state index is 8.94. The summed E-state index contributed by atoms with van der Waals surface area (Å²) in [5.41, 5.74) is 8.08. The zero-order valence-electron chi connectivity index (χ0n) is 18.4. The van der Waals surface area contributed by atoms with Gasteiger partial charge in [0.2, 0.25) is 6.41 Å². The van der Waals surface area contributed by atoms with Crippen LogP contribution in [0.25, 0.3) is 11.4 Å². The number of hydrazine groups is 2. The van der Waals surface area contributed by atoms with E-state index in [0.29, 0.717) is 13.0 Å². The Bertz CT molecular complexity index is 1010. The highest BCUT2D eigenvalue weighted by atomic mass is 16.5. The van der Waals surface area contributed by atoms with Crippen LogP contribution in [-0.2, 0) is 17.8 Å². The zero-order chi connectivity index (χ0) is 22.8. The number of rotatable bonds is 7. The van der Waals surface area contributed by atoms with Crippen LogP contribution in [-0.4, -0.2) is 23.4 Å². The van der Waals surface area contributed by atoms with Crippen LogP contribution in [0.15, 0.2) is 48.7 Å². The van der Waals surface area contributed by atoms with E-state index < -0.39 is 0 Å².